The van der Waals surface area contributed by atoms with Gasteiger partial charge < -0.3 is 15.1 Å². The molecule has 88 valence electrons. The lowest BCUT2D eigenvalue weighted by Crippen LogP contribution is -2.20. The smallest absolute Gasteiger partial charge is 0.0761 e. The normalized spacial score (nSPS) is 22.4. The number of aliphatic hydroxyl groups is 2. The number of hydrogen-bond acceptors (Lipinski definition) is 3. The van der Waals surface area contributed by atoms with E-state index in [1.165, 1.54) is 5.69 Å². The van der Waals surface area contributed by atoms with Crippen molar-refractivity contribution >= 4 is 5.69 Å². The maximum atomic E-state index is 9.41. The summed E-state index contributed by atoms with van der Waals surface area (Å²) in [7, 11) is 0. The topological polar surface area (TPSA) is 43.7 Å². The SMILES string of the molecule is CC(O)c1ccc(N2CCC(CO)C2)cc1. The maximum Gasteiger partial charge on any atom is 0.0761 e. The third kappa shape index (κ3) is 2.36. The number of rotatable bonds is 3. The molecule has 1 aliphatic heterocycles. The Morgan fingerprint density at radius 3 is 2.56 bits per heavy atom. The second kappa shape index (κ2) is 4.85. The van der Waals surface area contributed by atoms with Crippen molar-refractivity contribution in [3.8, 4) is 0 Å². The standard InChI is InChI=1S/C13H19NO2/c1-10(16)12-2-4-13(5-3-12)14-7-6-11(8-14)9-15/h2-5,10-11,15-16H,6-9H2,1H3. The van der Waals surface area contributed by atoms with Gasteiger partial charge in [0.15, 0.2) is 0 Å². The fourth-order valence-corrected chi connectivity index (χ4v) is 2.18. The second-order valence-corrected chi connectivity index (χ2v) is 4.55. The van der Waals surface area contributed by atoms with Gasteiger partial charge in [-0.2, -0.15) is 0 Å². The van der Waals surface area contributed by atoms with Crippen LogP contribution < -0.4 is 4.90 Å². The number of aliphatic hydroxyl groups excluding tert-OH is 2. The number of anilines is 1. The van der Waals surface area contributed by atoms with E-state index in [1.807, 2.05) is 24.3 Å². The molecule has 0 amide bonds. The molecule has 0 aliphatic carbocycles. The van der Waals surface area contributed by atoms with Gasteiger partial charge in [0.05, 0.1) is 6.10 Å². The van der Waals surface area contributed by atoms with Crippen LogP contribution in [0.5, 0.6) is 0 Å². The van der Waals surface area contributed by atoms with Crippen molar-refractivity contribution in [2.75, 3.05) is 24.6 Å². The Morgan fingerprint density at radius 2 is 2.06 bits per heavy atom. The van der Waals surface area contributed by atoms with E-state index in [9.17, 15) is 5.11 Å². The van der Waals surface area contributed by atoms with Crippen molar-refractivity contribution in [3.05, 3.63) is 29.8 Å². The molecule has 2 unspecified atom stereocenters. The van der Waals surface area contributed by atoms with E-state index in [0.29, 0.717) is 5.92 Å². The van der Waals surface area contributed by atoms with Gasteiger partial charge in [0.2, 0.25) is 0 Å². The highest BCUT2D eigenvalue weighted by Gasteiger charge is 2.21. The summed E-state index contributed by atoms with van der Waals surface area (Å²) in [6, 6.07) is 8.02. The predicted molar refractivity (Wildman–Crippen MR) is 64.5 cm³/mol. The molecule has 0 aromatic heterocycles. The summed E-state index contributed by atoms with van der Waals surface area (Å²) in [5, 5.41) is 18.5. The number of nitrogens with zero attached hydrogens (tertiary/aromatic N) is 1. The minimum absolute atomic E-state index is 0.280. The monoisotopic (exact) mass is 221 g/mol. The molecule has 3 nitrogen and oxygen atoms in total. The van der Waals surface area contributed by atoms with E-state index in [-0.39, 0.29) is 6.61 Å². The lowest BCUT2D eigenvalue weighted by molar-refractivity contribution is 0.199. The summed E-state index contributed by atoms with van der Waals surface area (Å²) in [5.74, 6) is 0.413. The Kier molecular flexibility index (Phi) is 3.46. The Bertz CT molecular complexity index is 334. The minimum atomic E-state index is -0.405. The van der Waals surface area contributed by atoms with E-state index in [2.05, 4.69) is 4.90 Å². The number of hydrogen-bond donors (Lipinski definition) is 2. The molecule has 2 atom stereocenters. The highest BCUT2D eigenvalue weighted by atomic mass is 16.3. The van der Waals surface area contributed by atoms with Gasteiger partial charge >= 0.3 is 0 Å². The van der Waals surface area contributed by atoms with Crippen molar-refractivity contribution in [3.63, 3.8) is 0 Å². The quantitative estimate of drug-likeness (QED) is 0.814. The molecule has 1 fully saturated rings. The van der Waals surface area contributed by atoms with Crippen molar-refractivity contribution in [1.82, 2.24) is 0 Å². The molecule has 1 aromatic rings. The summed E-state index contributed by atoms with van der Waals surface area (Å²) in [6.07, 6.45) is 0.659. The zero-order valence-electron chi connectivity index (χ0n) is 9.63. The van der Waals surface area contributed by atoms with Crippen LogP contribution in [0.2, 0.25) is 0 Å². The average Bonchev–Trinajstić information content (AvgIpc) is 2.77. The third-order valence-electron chi connectivity index (χ3n) is 3.28. The van der Waals surface area contributed by atoms with E-state index in [0.717, 1.165) is 25.1 Å². The molecule has 0 bridgehead atoms. The van der Waals surface area contributed by atoms with Gasteiger partial charge in [-0.15, -0.1) is 0 Å². The van der Waals surface area contributed by atoms with Crippen molar-refractivity contribution in [2.45, 2.75) is 19.4 Å². The molecule has 0 spiro atoms. The van der Waals surface area contributed by atoms with Gasteiger partial charge in [-0.3, -0.25) is 0 Å². The molecule has 1 aliphatic rings. The first kappa shape index (κ1) is 11.4. The molecule has 16 heavy (non-hydrogen) atoms. The zero-order valence-corrected chi connectivity index (χ0v) is 9.63. The number of benzene rings is 1. The molecule has 2 rings (SSSR count). The Labute approximate surface area is 96.3 Å². The van der Waals surface area contributed by atoms with Crippen LogP contribution in [0.1, 0.15) is 25.0 Å². The Balaban J connectivity index is 2.05. The second-order valence-electron chi connectivity index (χ2n) is 4.55. The van der Waals surface area contributed by atoms with E-state index < -0.39 is 6.10 Å². The molecule has 1 heterocycles. The van der Waals surface area contributed by atoms with Gasteiger partial charge in [-0.05, 0) is 31.0 Å². The lowest BCUT2D eigenvalue weighted by Gasteiger charge is -2.19. The molecule has 0 radical (unpaired) electrons. The van der Waals surface area contributed by atoms with Crippen LogP contribution in [0.25, 0.3) is 0 Å². The van der Waals surface area contributed by atoms with Crippen molar-refractivity contribution in [2.24, 2.45) is 5.92 Å². The van der Waals surface area contributed by atoms with Crippen LogP contribution in [-0.2, 0) is 0 Å². The maximum absolute atomic E-state index is 9.41. The van der Waals surface area contributed by atoms with Crippen LogP contribution in [0.4, 0.5) is 5.69 Å². The molecule has 3 heteroatoms. The van der Waals surface area contributed by atoms with Crippen LogP contribution in [0.3, 0.4) is 0 Å². The van der Waals surface area contributed by atoms with Crippen LogP contribution in [0.15, 0.2) is 24.3 Å². The summed E-state index contributed by atoms with van der Waals surface area (Å²) >= 11 is 0. The van der Waals surface area contributed by atoms with Gasteiger partial charge in [-0.25, -0.2) is 0 Å². The van der Waals surface area contributed by atoms with Crippen molar-refractivity contribution in [1.29, 1.82) is 0 Å². The molecule has 1 aromatic carbocycles. The van der Waals surface area contributed by atoms with Crippen molar-refractivity contribution < 1.29 is 10.2 Å². The molecular weight excluding hydrogens is 202 g/mol. The molecule has 0 saturated carbocycles. The largest absolute Gasteiger partial charge is 0.396 e. The summed E-state index contributed by atoms with van der Waals surface area (Å²) in [4.78, 5) is 2.28. The first-order valence-electron chi connectivity index (χ1n) is 5.84. The van der Waals surface area contributed by atoms with E-state index in [1.54, 1.807) is 6.92 Å². The lowest BCUT2D eigenvalue weighted by atomic mass is 10.1. The van der Waals surface area contributed by atoms with Gasteiger partial charge in [-0.1, -0.05) is 12.1 Å². The predicted octanol–water partition coefficient (Wildman–Crippen LogP) is 1.56. The molecule has 1 saturated heterocycles. The highest BCUT2D eigenvalue weighted by Crippen LogP contribution is 2.24. The average molecular weight is 221 g/mol. The van der Waals surface area contributed by atoms with Gasteiger partial charge in [0.25, 0.3) is 0 Å². The fraction of sp³-hybridized carbons (Fsp3) is 0.538. The third-order valence-corrected chi connectivity index (χ3v) is 3.28. The summed E-state index contributed by atoms with van der Waals surface area (Å²) in [5.41, 5.74) is 2.13. The zero-order chi connectivity index (χ0) is 11.5. The Morgan fingerprint density at radius 1 is 1.38 bits per heavy atom. The minimum Gasteiger partial charge on any atom is -0.396 e. The fourth-order valence-electron chi connectivity index (χ4n) is 2.18. The van der Waals surface area contributed by atoms with Gasteiger partial charge in [0, 0.05) is 31.3 Å². The first-order chi connectivity index (χ1) is 7.70. The summed E-state index contributed by atoms with van der Waals surface area (Å²) < 4.78 is 0. The van der Waals surface area contributed by atoms with Crippen LogP contribution >= 0.6 is 0 Å². The van der Waals surface area contributed by atoms with E-state index in [4.69, 9.17) is 5.11 Å². The van der Waals surface area contributed by atoms with Crippen LogP contribution in [-0.4, -0.2) is 29.9 Å². The Hall–Kier alpha value is -1.06. The van der Waals surface area contributed by atoms with Gasteiger partial charge in [0.1, 0.15) is 0 Å². The highest BCUT2D eigenvalue weighted by molar-refractivity contribution is 5.48. The molecule has 2 N–H and O–H groups in total. The first-order valence-corrected chi connectivity index (χ1v) is 5.84. The molecular formula is C13H19NO2. The summed E-state index contributed by atoms with van der Waals surface area (Å²) in [6.45, 7) is 4.00. The van der Waals surface area contributed by atoms with E-state index >= 15 is 0 Å². The van der Waals surface area contributed by atoms with Crippen LogP contribution in [0, 0.1) is 5.92 Å².